The number of nitrogens with zero attached hydrogens (tertiary/aromatic N) is 1. The monoisotopic (exact) mass is 337 g/mol. The van der Waals surface area contributed by atoms with E-state index < -0.39 is 0 Å². The van der Waals surface area contributed by atoms with E-state index >= 15 is 0 Å². The minimum Gasteiger partial charge on any atom is -0.336 e. The summed E-state index contributed by atoms with van der Waals surface area (Å²) in [6.07, 6.45) is 1.00. The maximum Gasteiger partial charge on any atom is 0.254 e. The van der Waals surface area contributed by atoms with Crippen molar-refractivity contribution in [3.8, 4) is 0 Å². The Morgan fingerprint density at radius 1 is 1.60 bits per heavy atom. The molecule has 1 amide bonds. The summed E-state index contributed by atoms with van der Waals surface area (Å²) in [6.45, 7) is 7.01. The molecule has 2 nitrogen and oxygen atoms in total. The zero-order chi connectivity index (χ0) is 11.4. The summed E-state index contributed by atoms with van der Waals surface area (Å²) in [5.41, 5.74) is 0.826. The Balaban J connectivity index is 2.82. The molecular weight excluding hydrogens is 321 g/mol. The number of thiophene rings is 1. The van der Waals surface area contributed by atoms with Crippen LogP contribution in [0.5, 0.6) is 0 Å². The first-order valence-corrected chi connectivity index (χ1v) is 7.11. The van der Waals surface area contributed by atoms with Gasteiger partial charge in [-0.15, -0.1) is 11.3 Å². The molecule has 1 unspecified atom stereocenters. The molecule has 0 radical (unpaired) electrons. The Bertz CT molecular complexity index is 337. The van der Waals surface area contributed by atoms with Gasteiger partial charge in [0.2, 0.25) is 0 Å². The van der Waals surface area contributed by atoms with E-state index in [-0.39, 0.29) is 5.91 Å². The first kappa shape index (κ1) is 13.0. The summed E-state index contributed by atoms with van der Waals surface area (Å²) in [5.74, 6) is 0.158. The highest BCUT2D eigenvalue weighted by atomic mass is 127. The van der Waals surface area contributed by atoms with Crippen LogP contribution in [0.3, 0.4) is 0 Å². The first-order valence-electron chi connectivity index (χ1n) is 5.15. The Morgan fingerprint density at radius 2 is 2.27 bits per heavy atom. The lowest BCUT2D eigenvalue weighted by Gasteiger charge is -2.26. The predicted octanol–water partition coefficient (Wildman–Crippen LogP) is 3.61. The summed E-state index contributed by atoms with van der Waals surface area (Å²) in [4.78, 5) is 14.0. The van der Waals surface area contributed by atoms with Gasteiger partial charge < -0.3 is 4.90 Å². The second-order valence-corrected chi connectivity index (χ2v) is 6.29. The summed E-state index contributed by atoms with van der Waals surface area (Å²) < 4.78 is 1.16. The van der Waals surface area contributed by atoms with Crippen molar-refractivity contribution in [1.29, 1.82) is 0 Å². The molecule has 0 aliphatic carbocycles. The maximum absolute atomic E-state index is 12.1. The van der Waals surface area contributed by atoms with Gasteiger partial charge in [0.1, 0.15) is 0 Å². The van der Waals surface area contributed by atoms with E-state index in [0.29, 0.717) is 6.04 Å². The van der Waals surface area contributed by atoms with Crippen LogP contribution in [0.25, 0.3) is 0 Å². The lowest BCUT2D eigenvalue weighted by molar-refractivity contribution is 0.0700. The number of halogens is 1. The average molecular weight is 337 g/mol. The molecule has 1 atom stereocenters. The minimum absolute atomic E-state index is 0.158. The van der Waals surface area contributed by atoms with E-state index in [1.165, 1.54) is 0 Å². The molecule has 84 valence electrons. The van der Waals surface area contributed by atoms with E-state index in [9.17, 15) is 4.79 Å². The van der Waals surface area contributed by atoms with Crippen molar-refractivity contribution in [2.24, 2.45) is 0 Å². The Morgan fingerprint density at radius 3 is 2.67 bits per heavy atom. The van der Waals surface area contributed by atoms with Crippen molar-refractivity contribution in [3.63, 3.8) is 0 Å². The lowest BCUT2D eigenvalue weighted by atomic mass is 10.2. The molecule has 0 aromatic carbocycles. The van der Waals surface area contributed by atoms with E-state index in [4.69, 9.17) is 0 Å². The van der Waals surface area contributed by atoms with Crippen LogP contribution < -0.4 is 0 Å². The van der Waals surface area contributed by atoms with Crippen molar-refractivity contribution in [3.05, 3.63) is 19.9 Å². The molecule has 0 saturated carbocycles. The number of rotatable bonds is 4. The molecule has 0 bridgehead atoms. The zero-order valence-corrected chi connectivity index (χ0v) is 12.3. The normalized spacial score (nSPS) is 12.5. The van der Waals surface area contributed by atoms with E-state index in [0.717, 1.165) is 21.4 Å². The molecule has 1 aromatic rings. The summed E-state index contributed by atoms with van der Waals surface area (Å²) in [7, 11) is 0. The van der Waals surface area contributed by atoms with Crippen molar-refractivity contribution < 1.29 is 4.79 Å². The highest BCUT2D eigenvalue weighted by Gasteiger charge is 2.19. The summed E-state index contributed by atoms with van der Waals surface area (Å²) in [5, 5.41) is 1.94. The van der Waals surface area contributed by atoms with Crippen molar-refractivity contribution >= 4 is 39.8 Å². The van der Waals surface area contributed by atoms with Crippen molar-refractivity contribution in [2.45, 2.75) is 33.2 Å². The average Bonchev–Trinajstić information content (AvgIpc) is 2.65. The van der Waals surface area contributed by atoms with E-state index in [2.05, 4.69) is 36.4 Å². The van der Waals surface area contributed by atoms with Gasteiger partial charge in [-0.25, -0.2) is 0 Å². The zero-order valence-electron chi connectivity index (χ0n) is 9.29. The molecule has 15 heavy (non-hydrogen) atoms. The topological polar surface area (TPSA) is 20.3 Å². The van der Waals surface area contributed by atoms with Crippen LogP contribution in [-0.4, -0.2) is 23.4 Å². The highest BCUT2D eigenvalue weighted by molar-refractivity contribution is 14.1. The van der Waals surface area contributed by atoms with Crippen LogP contribution in [0, 0.1) is 2.88 Å². The third-order valence-electron chi connectivity index (χ3n) is 2.54. The molecule has 4 heteroatoms. The SMILES string of the molecule is CCC(C)N(CC)C(=O)c1csc(I)c1. The van der Waals surface area contributed by atoms with Gasteiger partial charge >= 0.3 is 0 Å². The molecule has 0 spiro atoms. The van der Waals surface area contributed by atoms with Crippen LogP contribution in [0.15, 0.2) is 11.4 Å². The van der Waals surface area contributed by atoms with E-state index in [1.54, 1.807) is 11.3 Å². The van der Waals surface area contributed by atoms with Gasteiger partial charge in [-0.1, -0.05) is 6.92 Å². The van der Waals surface area contributed by atoms with Gasteiger partial charge in [0.15, 0.2) is 0 Å². The Kier molecular flexibility index (Phi) is 5.05. The molecule has 0 aliphatic heterocycles. The van der Waals surface area contributed by atoms with Crippen LogP contribution in [0.1, 0.15) is 37.6 Å². The molecule has 0 aliphatic rings. The number of carbonyl (C=O) groups is 1. The molecule has 1 rings (SSSR count). The summed E-state index contributed by atoms with van der Waals surface area (Å²) >= 11 is 3.86. The fraction of sp³-hybridized carbons (Fsp3) is 0.545. The van der Waals surface area contributed by atoms with Crippen LogP contribution in [-0.2, 0) is 0 Å². The molecule has 1 aromatic heterocycles. The number of hydrogen-bond donors (Lipinski definition) is 0. The highest BCUT2D eigenvalue weighted by Crippen LogP contribution is 2.19. The second-order valence-electron chi connectivity index (χ2n) is 3.49. The minimum atomic E-state index is 0.158. The Labute approximate surface area is 109 Å². The standard InChI is InChI=1S/C11H16INOS/c1-4-8(3)13(5-2)11(14)9-6-10(12)15-7-9/h6-8H,4-5H2,1-3H3. The fourth-order valence-electron chi connectivity index (χ4n) is 1.46. The Hall–Kier alpha value is -0.100. The molecule has 0 saturated heterocycles. The van der Waals surface area contributed by atoms with E-state index in [1.807, 2.05) is 23.3 Å². The lowest BCUT2D eigenvalue weighted by Crippen LogP contribution is -2.37. The number of amides is 1. The first-order chi connectivity index (χ1) is 7.10. The van der Waals surface area contributed by atoms with Gasteiger partial charge in [-0.2, -0.15) is 0 Å². The third kappa shape index (κ3) is 3.17. The van der Waals surface area contributed by atoms with Gasteiger partial charge in [-0.05, 0) is 48.9 Å². The molecular formula is C11H16INOS. The molecule has 1 heterocycles. The second kappa shape index (κ2) is 5.84. The maximum atomic E-state index is 12.1. The smallest absolute Gasteiger partial charge is 0.254 e. The third-order valence-corrected chi connectivity index (χ3v) is 4.33. The number of hydrogen-bond acceptors (Lipinski definition) is 2. The largest absolute Gasteiger partial charge is 0.336 e. The predicted molar refractivity (Wildman–Crippen MR) is 73.5 cm³/mol. The van der Waals surface area contributed by atoms with Crippen LogP contribution in [0.4, 0.5) is 0 Å². The van der Waals surface area contributed by atoms with Gasteiger partial charge in [0.25, 0.3) is 5.91 Å². The van der Waals surface area contributed by atoms with Gasteiger partial charge in [0, 0.05) is 18.0 Å². The van der Waals surface area contributed by atoms with Crippen LogP contribution >= 0.6 is 33.9 Å². The van der Waals surface area contributed by atoms with Crippen LogP contribution in [0.2, 0.25) is 0 Å². The van der Waals surface area contributed by atoms with Gasteiger partial charge in [0.05, 0.1) is 8.45 Å². The van der Waals surface area contributed by atoms with Crippen molar-refractivity contribution in [1.82, 2.24) is 4.90 Å². The van der Waals surface area contributed by atoms with Gasteiger partial charge in [-0.3, -0.25) is 4.79 Å². The quantitative estimate of drug-likeness (QED) is 0.769. The number of carbonyl (C=O) groups excluding carboxylic acids is 1. The van der Waals surface area contributed by atoms with Crippen molar-refractivity contribution in [2.75, 3.05) is 6.54 Å². The fourth-order valence-corrected chi connectivity index (χ4v) is 2.78. The summed E-state index contributed by atoms with van der Waals surface area (Å²) in [6, 6.07) is 2.28. The molecule has 0 fully saturated rings. The molecule has 0 N–H and O–H groups in total.